The molecule has 1 fully saturated rings. The van der Waals surface area contributed by atoms with Crippen LogP contribution in [0.15, 0.2) is 51.8 Å². The summed E-state index contributed by atoms with van der Waals surface area (Å²) in [5.74, 6) is 1.49. The fourth-order valence-corrected chi connectivity index (χ4v) is 3.82. The second kappa shape index (κ2) is 7.74. The van der Waals surface area contributed by atoms with E-state index in [0.717, 1.165) is 18.4 Å². The minimum Gasteiger partial charge on any atom is -0.497 e. The third kappa shape index (κ3) is 3.55. The Hall–Kier alpha value is -3.32. The first-order valence-electron chi connectivity index (χ1n) is 9.96. The number of hydrogen-bond donors (Lipinski definition) is 0. The molecular formula is C23H20ClN3O4. The highest BCUT2D eigenvalue weighted by Crippen LogP contribution is 2.43. The Balaban J connectivity index is 1.75. The lowest BCUT2D eigenvalue weighted by Gasteiger charge is -2.12. The number of hydrogen-bond acceptors (Lipinski definition) is 6. The number of aromatic nitrogens is 3. The summed E-state index contributed by atoms with van der Waals surface area (Å²) >= 11 is 6.01. The van der Waals surface area contributed by atoms with Crippen molar-refractivity contribution in [3.8, 4) is 22.8 Å². The Morgan fingerprint density at radius 1 is 1.13 bits per heavy atom. The molecule has 1 aliphatic rings. The van der Waals surface area contributed by atoms with E-state index in [1.165, 1.54) is 4.68 Å². The highest BCUT2D eigenvalue weighted by atomic mass is 35.5. The van der Waals surface area contributed by atoms with E-state index in [4.69, 9.17) is 25.6 Å². The number of benzene rings is 2. The third-order valence-electron chi connectivity index (χ3n) is 5.47. The first-order valence-corrected chi connectivity index (χ1v) is 10.3. The number of rotatable bonds is 6. The molecule has 0 spiro atoms. The number of fused-ring (bicyclic) bond motifs is 1. The third-order valence-corrected chi connectivity index (χ3v) is 5.73. The first kappa shape index (κ1) is 19.6. The van der Waals surface area contributed by atoms with E-state index in [1.54, 1.807) is 38.5 Å². The van der Waals surface area contributed by atoms with Crippen molar-refractivity contribution in [3.63, 3.8) is 0 Å². The fraction of sp³-hybridized carbons (Fsp3) is 0.261. The molecule has 0 atom stereocenters. The molecule has 2 heterocycles. The molecule has 8 heteroatoms. The largest absolute Gasteiger partial charge is 0.497 e. The SMILES string of the molecule is COc1ccc(OC)c(-c2nn(Cc3ccc(Cl)cc3)c(=O)c3c(C4CC4)noc23)c1. The molecule has 158 valence electrons. The molecule has 1 saturated carbocycles. The number of ether oxygens (including phenoxy) is 2. The van der Waals surface area contributed by atoms with Crippen molar-refractivity contribution in [1.29, 1.82) is 0 Å². The summed E-state index contributed by atoms with van der Waals surface area (Å²) in [7, 11) is 3.18. The summed E-state index contributed by atoms with van der Waals surface area (Å²) in [6.45, 7) is 0.292. The van der Waals surface area contributed by atoms with E-state index in [1.807, 2.05) is 18.2 Å². The topological polar surface area (TPSA) is 79.4 Å². The van der Waals surface area contributed by atoms with Crippen LogP contribution in [0.4, 0.5) is 0 Å². The van der Waals surface area contributed by atoms with Crippen molar-refractivity contribution in [2.75, 3.05) is 14.2 Å². The monoisotopic (exact) mass is 437 g/mol. The van der Waals surface area contributed by atoms with Gasteiger partial charge in [-0.05, 0) is 48.7 Å². The van der Waals surface area contributed by atoms with Gasteiger partial charge in [-0.15, -0.1) is 0 Å². The highest BCUT2D eigenvalue weighted by molar-refractivity contribution is 6.30. The van der Waals surface area contributed by atoms with E-state index in [2.05, 4.69) is 10.3 Å². The fourth-order valence-electron chi connectivity index (χ4n) is 3.69. The van der Waals surface area contributed by atoms with Gasteiger partial charge in [-0.3, -0.25) is 4.79 Å². The van der Waals surface area contributed by atoms with Gasteiger partial charge in [0.2, 0.25) is 5.58 Å². The van der Waals surface area contributed by atoms with Gasteiger partial charge in [0.15, 0.2) is 0 Å². The molecule has 7 nitrogen and oxygen atoms in total. The molecule has 31 heavy (non-hydrogen) atoms. The van der Waals surface area contributed by atoms with Crippen LogP contribution in [-0.2, 0) is 6.54 Å². The van der Waals surface area contributed by atoms with E-state index in [9.17, 15) is 4.79 Å². The maximum atomic E-state index is 13.4. The number of methoxy groups -OCH3 is 2. The molecule has 0 saturated heterocycles. The smallest absolute Gasteiger partial charge is 0.280 e. The van der Waals surface area contributed by atoms with E-state index >= 15 is 0 Å². The van der Waals surface area contributed by atoms with E-state index < -0.39 is 0 Å². The summed E-state index contributed by atoms with van der Waals surface area (Å²) in [6, 6.07) is 12.8. The van der Waals surface area contributed by atoms with Crippen molar-refractivity contribution in [3.05, 3.63) is 69.1 Å². The summed E-state index contributed by atoms with van der Waals surface area (Å²) < 4.78 is 18.1. The van der Waals surface area contributed by atoms with Crippen LogP contribution in [-0.4, -0.2) is 29.2 Å². The minimum atomic E-state index is -0.223. The maximum absolute atomic E-state index is 13.4. The maximum Gasteiger partial charge on any atom is 0.280 e. The lowest BCUT2D eigenvalue weighted by Crippen LogP contribution is -2.24. The molecule has 5 rings (SSSR count). The van der Waals surface area contributed by atoms with Gasteiger partial charge in [0.25, 0.3) is 5.56 Å². The van der Waals surface area contributed by atoms with Gasteiger partial charge in [-0.25, -0.2) is 4.68 Å². The zero-order valence-corrected chi connectivity index (χ0v) is 17.8. The molecule has 0 amide bonds. The molecule has 2 aromatic carbocycles. The Labute approximate surface area is 183 Å². The van der Waals surface area contributed by atoms with Crippen molar-refractivity contribution in [1.82, 2.24) is 14.9 Å². The average Bonchev–Trinajstić information content (AvgIpc) is 3.54. The summed E-state index contributed by atoms with van der Waals surface area (Å²) in [6.07, 6.45) is 2.00. The Kier molecular flexibility index (Phi) is 4.90. The van der Waals surface area contributed by atoms with Gasteiger partial charge in [0.1, 0.15) is 28.3 Å². The zero-order valence-electron chi connectivity index (χ0n) is 17.1. The van der Waals surface area contributed by atoms with Crippen LogP contribution in [0.3, 0.4) is 0 Å². The van der Waals surface area contributed by atoms with Crippen LogP contribution in [0, 0.1) is 0 Å². The molecule has 0 radical (unpaired) electrons. The average molecular weight is 438 g/mol. The normalized spacial score (nSPS) is 13.5. The predicted octanol–water partition coefficient (Wildman–Crippen LogP) is 4.65. The molecule has 1 aliphatic carbocycles. The molecule has 0 aliphatic heterocycles. The standard InChI is InChI=1S/C23H20ClN3O4/c1-29-16-9-10-18(30-2)17(11-16)21-22-19(20(26-31-22)14-5-6-14)23(28)27(25-21)12-13-3-7-15(24)8-4-13/h3-4,7-11,14H,5-6,12H2,1-2H3. The number of halogens is 1. The van der Waals surface area contributed by atoms with Crippen LogP contribution >= 0.6 is 11.6 Å². The van der Waals surface area contributed by atoms with Gasteiger partial charge < -0.3 is 14.0 Å². The van der Waals surface area contributed by atoms with Gasteiger partial charge in [-0.2, -0.15) is 5.10 Å². The van der Waals surface area contributed by atoms with Crippen LogP contribution in [0.25, 0.3) is 22.2 Å². The van der Waals surface area contributed by atoms with Crippen molar-refractivity contribution in [2.24, 2.45) is 0 Å². The lowest BCUT2D eigenvalue weighted by atomic mass is 10.1. The Bertz CT molecular complexity index is 1320. The summed E-state index contributed by atoms with van der Waals surface area (Å²) in [5.41, 5.74) is 2.90. The predicted molar refractivity (Wildman–Crippen MR) is 117 cm³/mol. The second-order valence-corrected chi connectivity index (χ2v) is 7.99. The highest BCUT2D eigenvalue weighted by Gasteiger charge is 2.32. The molecule has 2 aromatic heterocycles. The Morgan fingerprint density at radius 2 is 1.90 bits per heavy atom. The van der Waals surface area contributed by atoms with Gasteiger partial charge in [0.05, 0.1) is 26.3 Å². The van der Waals surface area contributed by atoms with Crippen LogP contribution < -0.4 is 15.0 Å². The van der Waals surface area contributed by atoms with Crippen LogP contribution in [0.5, 0.6) is 11.5 Å². The molecule has 0 bridgehead atoms. The Morgan fingerprint density at radius 3 is 2.58 bits per heavy atom. The second-order valence-electron chi connectivity index (χ2n) is 7.55. The van der Waals surface area contributed by atoms with Gasteiger partial charge in [0, 0.05) is 10.9 Å². The minimum absolute atomic E-state index is 0.223. The molecule has 4 aromatic rings. The summed E-state index contributed by atoms with van der Waals surface area (Å²) in [4.78, 5) is 13.4. The van der Waals surface area contributed by atoms with E-state index in [-0.39, 0.29) is 11.5 Å². The summed E-state index contributed by atoms with van der Waals surface area (Å²) in [5, 5.41) is 10.0. The lowest BCUT2D eigenvalue weighted by molar-refractivity contribution is 0.404. The molecule has 0 N–H and O–H groups in total. The van der Waals surface area contributed by atoms with Crippen LogP contribution in [0.2, 0.25) is 5.02 Å². The van der Waals surface area contributed by atoms with E-state index in [0.29, 0.717) is 51.0 Å². The van der Waals surface area contributed by atoms with Crippen molar-refractivity contribution in [2.45, 2.75) is 25.3 Å². The van der Waals surface area contributed by atoms with Crippen molar-refractivity contribution >= 4 is 22.6 Å². The van der Waals surface area contributed by atoms with Gasteiger partial charge >= 0.3 is 0 Å². The first-order chi connectivity index (χ1) is 15.1. The zero-order chi connectivity index (χ0) is 21.5. The molecular weight excluding hydrogens is 418 g/mol. The number of nitrogens with zero attached hydrogens (tertiary/aromatic N) is 3. The van der Waals surface area contributed by atoms with Crippen molar-refractivity contribution < 1.29 is 14.0 Å². The van der Waals surface area contributed by atoms with Gasteiger partial charge in [-0.1, -0.05) is 28.9 Å². The van der Waals surface area contributed by atoms with Crippen LogP contribution in [0.1, 0.15) is 30.0 Å². The quantitative estimate of drug-likeness (QED) is 0.437. The molecule has 0 unspecified atom stereocenters.